The number of nitrogens with one attached hydrogen (secondary N) is 1. The fourth-order valence-electron chi connectivity index (χ4n) is 3.76. The van der Waals surface area contributed by atoms with Crippen molar-refractivity contribution in [1.29, 1.82) is 0 Å². The number of carbonyl (C=O) groups excluding carboxylic acids is 1. The number of benzene rings is 1. The topological polar surface area (TPSA) is 101 Å². The average molecular weight is 461 g/mol. The second kappa shape index (κ2) is 8.89. The molecule has 8 nitrogen and oxygen atoms in total. The lowest BCUT2D eigenvalue weighted by atomic mass is 10.2. The van der Waals surface area contributed by atoms with Crippen molar-refractivity contribution in [3.8, 4) is 5.88 Å². The lowest BCUT2D eigenvalue weighted by Gasteiger charge is -2.18. The van der Waals surface area contributed by atoms with Gasteiger partial charge in [0.1, 0.15) is 11.2 Å². The molecule has 0 aliphatic heterocycles. The SMILES string of the molecule is CCN(CC)S(=O)(=O)c1ccc(NC(=O)COc2ncnc3sc4c(c23)CCC4)cc1. The van der Waals surface area contributed by atoms with Gasteiger partial charge in [-0.2, -0.15) is 4.31 Å². The maximum Gasteiger partial charge on any atom is 0.262 e. The van der Waals surface area contributed by atoms with Crippen LogP contribution in [0.3, 0.4) is 0 Å². The molecule has 0 bridgehead atoms. The third-order valence-electron chi connectivity index (χ3n) is 5.29. The maximum absolute atomic E-state index is 12.6. The van der Waals surface area contributed by atoms with Crippen molar-refractivity contribution < 1.29 is 17.9 Å². The van der Waals surface area contributed by atoms with Gasteiger partial charge in [-0.05, 0) is 49.1 Å². The first kappa shape index (κ1) is 21.7. The van der Waals surface area contributed by atoms with Crippen LogP contribution in [0.5, 0.6) is 5.88 Å². The fraction of sp³-hybridized carbons (Fsp3) is 0.381. The van der Waals surface area contributed by atoms with Crippen LogP contribution >= 0.6 is 11.3 Å². The molecule has 0 spiro atoms. The van der Waals surface area contributed by atoms with Crippen molar-refractivity contribution >= 4 is 43.2 Å². The summed E-state index contributed by atoms with van der Waals surface area (Å²) in [4.78, 5) is 23.3. The Kier molecular flexibility index (Phi) is 6.22. The number of sulfonamides is 1. The van der Waals surface area contributed by atoms with Crippen LogP contribution in [-0.4, -0.2) is 48.3 Å². The fourth-order valence-corrected chi connectivity index (χ4v) is 6.44. The van der Waals surface area contributed by atoms with Gasteiger partial charge in [-0.1, -0.05) is 13.8 Å². The normalized spacial score (nSPS) is 13.5. The molecule has 2 heterocycles. The van der Waals surface area contributed by atoms with Gasteiger partial charge in [0.05, 0.1) is 10.3 Å². The number of hydrogen-bond donors (Lipinski definition) is 1. The summed E-state index contributed by atoms with van der Waals surface area (Å²) < 4.78 is 32.2. The molecule has 0 unspecified atom stereocenters. The Morgan fingerprint density at radius 1 is 1.16 bits per heavy atom. The van der Waals surface area contributed by atoms with Gasteiger partial charge in [-0.3, -0.25) is 4.79 Å². The van der Waals surface area contributed by atoms with E-state index in [4.69, 9.17) is 4.74 Å². The Morgan fingerprint density at radius 2 is 1.90 bits per heavy atom. The first-order chi connectivity index (χ1) is 14.9. The molecule has 1 amide bonds. The van der Waals surface area contributed by atoms with E-state index in [0.717, 1.165) is 29.5 Å². The van der Waals surface area contributed by atoms with Crippen LogP contribution in [0.25, 0.3) is 10.2 Å². The molecule has 1 aromatic carbocycles. The monoisotopic (exact) mass is 460 g/mol. The van der Waals surface area contributed by atoms with Crippen LogP contribution in [0.1, 0.15) is 30.7 Å². The lowest BCUT2D eigenvalue weighted by molar-refractivity contribution is -0.118. The lowest BCUT2D eigenvalue weighted by Crippen LogP contribution is -2.30. The molecule has 1 aliphatic carbocycles. The van der Waals surface area contributed by atoms with E-state index in [1.165, 1.54) is 33.2 Å². The summed E-state index contributed by atoms with van der Waals surface area (Å²) in [6.07, 6.45) is 4.60. The number of anilines is 1. The Balaban J connectivity index is 1.42. The molecule has 31 heavy (non-hydrogen) atoms. The highest BCUT2D eigenvalue weighted by molar-refractivity contribution is 7.89. The van der Waals surface area contributed by atoms with Gasteiger partial charge in [0, 0.05) is 23.7 Å². The summed E-state index contributed by atoms with van der Waals surface area (Å²) in [5.41, 5.74) is 1.73. The summed E-state index contributed by atoms with van der Waals surface area (Å²) in [5.74, 6) is 0.0817. The summed E-state index contributed by atoms with van der Waals surface area (Å²) in [5, 5.41) is 3.64. The smallest absolute Gasteiger partial charge is 0.262 e. The number of thiophene rings is 1. The van der Waals surface area contributed by atoms with E-state index in [0.29, 0.717) is 24.7 Å². The van der Waals surface area contributed by atoms with Gasteiger partial charge in [-0.15, -0.1) is 11.3 Å². The molecular formula is C21H24N4O4S2. The van der Waals surface area contributed by atoms with Gasteiger partial charge in [-0.25, -0.2) is 18.4 Å². The van der Waals surface area contributed by atoms with Crippen molar-refractivity contribution in [2.24, 2.45) is 0 Å². The van der Waals surface area contributed by atoms with Gasteiger partial charge in [0.2, 0.25) is 15.9 Å². The summed E-state index contributed by atoms with van der Waals surface area (Å²) >= 11 is 1.66. The first-order valence-electron chi connectivity index (χ1n) is 10.2. The minimum atomic E-state index is -3.53. The second-order valence-electron chi connectivity index (χ2n) is 7.17. The Labute approximate surface area is 185 Å². The largest absolute Gasteiger partial charge is 0.467 e. The van der Waals surface area contributed by atoms with E-state index in [1.807, 2.05) is 0 Å². The zero-order chi connectivity index (χ0) is 22.0. The Bertz CT molecular complexity index is 1200. The van der Waals surface area contributed by atoms with Crippen LogP contribution in [0.2, 0.25) is 0 Å². The molecule has 2 aromatic heterocycles. The summed E-state index contributed by atoms with van der Waals surface area (Å²) in [7, 11) is -3.53. The van der Waals surface area contributed by atoms with Crippen molar-refractivity contribution in [2.45, 2.75) is 38.0 Å². The van der Waals surface area contributed by atoms with Crippen LogP contribution in [0.15, 0.2) is 35.5 Å². The van der Waals surface area contributed by atoms with Crippen molar-refractivity contribution in [3.63, 3.8) is 0 Å². The zero-order valence-corrected chi connectivity index (χ0v) is 19.1. The molecule has 0 radical (unpaired) electrons. The number of carbonyl (C=O) groups is 1. The number of rotatable bonds is 8. The van der Waals surface area contributed by atoms with E-state index in [2.05, 4.69) is 15.3 Å². The number of ether oxygens (including phenoxy) is 1. The molecule has 0 saturated carbocycles. The Hall–Kier alpha value is -2.56. The number of aromatic nitrogens is 2. The molecule has 0 atom stereocenters. The molecule has 3 aromatic rings. The molecule has 10 heteroatoms. The molecule has 0 saturated heterocycles. The van der Waals surface area contributed by atoms with Crippen LogP contribution in [0, 0.1) is 0 Å². The van der Waals surface area contributed by atoms with E-state index >= 15 is 0 Å². The Morgan fingerprint density at radius 3 is 2.61 bits per heavy atom. The first-order valence-corrected chi connectivity index (χ1v) is 12.5. The van der Waals surface area contributed by atoms with Crippen molar-refractivity contribution in [2.75, 3.05) is 25.0 Å². The molecule has 164 valence electrons. The molecule has 0 fully saturated rings. The number of amides is 1. The molecular weight excluding hydrogens is 436 g/mol. The molecule has 1 aliphatic rings. The average Bonchev–Trinajstić information content (AvgIpc) is 3.34. The van der Waals surface area contributed by atoms with Crippen LogP contribution in [-0.2, 0) is 27.7 Å². The van der Waals surface area contributed by atoms with Gasteiger partial charge in [0.25, 0.3) is 5.91 Å². The molecule has 1 N–H and O–H groups in total. The zero-order valence-electron chi connectivity index (χ0n) is 17.4. The van der Waals surface area contributed by atoms with E-state index < -0.39 is 10.0 Å². The number of fused-ring (bicyclic) bond motifs is 3. The number of nitrogens with zero attached hydrogens (tertiary/aromatic N) is 3. The van der Waals surface area contributed by atoms with Crippen LogP contribution in [0.4, 0.5) is 5.69 Å². The summed E-state index contributed by atoms with van der Waals surface area (Å²) in [6.45, 7) is 4.20. The van der Waals surface area contributed by atoms with Gasteiger partial charge >= 0.3 is 0 Å². The highest BCUT2D eigenvalue weighted by atomic mass is 32.2. The molecule has 4 rings (SSSR count). The minimum Gasteiger partial charge on any atom is -0.467 e. The maximum atomic E-state index is 12.6. The minimum absolute atomic E-state index is 0.195. The van der Waals surface area contributed by atoms with Crippen molar-refractivity contribution in [1.82, 2.24) is 14.3 Å². The van der Waals surface area contributed by atoms with E-state index in [1.54, 1.807) is 37.3 Å². The number of hydrogen-bond acceptors (Lipinski definition) is 7. The second-order valence-corrected chi connectivity index (χ2v) is 10.2. The third kappa shape index (κ3) is 4.28. The van der Waals surface area contributed by atoms with Gasteiger partial charge in [0.15, 0.2) is 6.61 Å². The predicted octanol–water partition coefficient (Wildman–Crippen LogP) is 3.23. The van der Waals surface area contributed by atoms with Gasteiger partial charge < -0.3 is 10.1 Å². The van der Waals surface area contributed by atoms with E-state index in [9.17, 15) is 13.2 Å². The highest BCUT2D eigenvalue weighted by Gasteiger charge is 2.23. The van der Waals surface area contributed by atoms with Crippen LogP contribution < -0.4 is 10.1 Å². The summed E-state index contributed by atoms with van der Waals surface area (Å²) in [6, 6.07) is 6.13. The van der Waals surface area contributed by atoms with E-state index in [-0.39, 0.29) is 17.4 Å². The van der Waals surface area contributed by atoms with Crippen molar-refractivity contribution in [3.05, 3.63) is 41.0 Å². The standard InChI is InChI=1S/C21H24N4O4S2/c1-3-25(4-2)31(27,28)15-10-8-14(9-11-15)24-18(26)12-29-20-19-16-6-5-7-17(16)30-21(19)23-13-22-20/h8-11,13H,3-7,12H2,1-2H3,(H,24,26). The number of aryl methyl sites for hydroxylation is 2. The quantitative estimate of drug-likeness (QED) is 0.554. The predicted molar refractivity (Wildman–Crippen MR) is 120 cm³/mol. The highest BCUT2D eigenvalue weighted by Crippen LogP contribution is 2.39. The third-order valence-corrected chi connectivity index (χ3v) is 8.55.